The van der Waals surface area contributed by atoms with Crippen molar-refractivity contribution in [3.63, 3.8) is 0 Å². The van der Waals surface area contributed by atoms with Crippen LogP contribution in [0.25, 0.3) is 6.08 Å². The van der Waals surface area contributed by atoms with Crippen LogP contribution in [0.15, 0.2) is 29.2 Å². The highest BCUT2D eigenvalue weighted by molar-refractivity contribution is 8.26. The summed E-state index contributed by atoms with van der Waals surface area (Å²) < 4.78 is 0.187. The van der Waals surface area contributed by atoms with Crippen molar-refractivity contribution in [3.8, 4) is 5.75 Å². The fraction of sp³-hybridized carbons (Fsp3) is 0.267. The zero-order valence-electron chi connectivity index (χ0n) is 12.2. The molecule has 8 heteroatoms. The zero-order valence-corrected chi connectivity index (χ0v) is 14.7. The van der Waals surface area contributed by atoms with E-state index in [0.29, 0.717) is 11.3 Å². The number of carbonyl (C=O) groups is 2. The van der Waals surface area contributed by atoms with E-state index < -0.39 is 17.9 Å². The summed E-state index contributed by atoms with van der Waals surface area (Å²) in [5.41, 5.74) is 0.474. The molecule has 1 N–H and O–H groups in total. The van der Waals surface area contributed by atoms with Crippen LogP contribution in [0.4, 0.5) is 0 Å². The molecular weight excluding hydrogens is 354 g/mol. The number of carboxylic acids is 1. The minimum Gasteiger partial charge on any atom is -0.548 e. The summed E-state index contributed by atoms with van der Waals surface area (Å²) in [6.45, 7) is 0. The second kappa shape index (κ2) is 7.85. The molecule has 0 radical (unpaired) electrons. The molecule has 1 fully saturated rings. The van der Waals surface area contributed by atoms with E-state index in [1.807, 2.05) is 6.26 Å². The molecular formula is C15H14NO4S3-. The van der Waals surface area contributed by atoms with E-state index in [2.05, 4.69) is 0 Å². The molecule has 0 aromatic heterocycles. The lowest BCUT2D eigenvalue weighted by molar-refractivity contribution is -0.310. The first-order chi connectivity index (χ1) is 11.0. The third-order valence-corrected chi connectivity index (χ3v) is 5.20. The summed E-state index contributed by atoms with van der Waals surface area (Å²) in [4.78, 5) is 25.2. The molecule has 0 aliphatic carbocycles. The van der Waals surface area contributed by atoms with Gasteiger partial charge < -0.3 is 15.0 Å². The first-order valence-electron chi connectivity index (χ1n) is 6.70. The summed E-state index contributed by atoms with van der Waals surface area (Å²) in [7, 11) is 0. The molecule has 1 heterocycles. The van der Waals surface area contributed by atoms with Crippen molar-refractivity contribution in [2.75, 3.05) is 12.0 Å². The van der Waals surface area contributed by atoms with Crippen LogP contribution in [0.3, 0.4) is 0 Å². The summed E-state index contributed by atoms with van der Waals surface area (Å²) >= 11 is 7.67. The van der Waals surface area contributed by atoms with Crippen molar-refractivity contribution in [3.05, 3.63) is 34.7 Å². The fourth-order valence-corrected chi connectivity index (χ4v) is 3.89. The monoisotopic (exact) mass is 368 g/mol. The number of thioether (sulfide) groups is 2. The van der Waals surface area contributed by atoms with Crippen molar-refractivity contribution in [2.24, 2.45) is 0 Å². The number of hydrogen-bond donors (Lipinski definition) is 1. The Morgan fingerprint density at radius 2 is 2.22 bits per heavy atom. The molecule has 1 aromatic rings. The number of amides is 1. The normalized spacial score (nSPS) is 17.8. The number of carboxylic acid groups (broad SMARTS) is 1. The molecule has 5 nitrogen and oxygen atoms in total. The van der Waals surface area contributed by atoms with E-state index in [-0.39, 0.29) is 21.4 Å². The van der Waals surface area contributed by atoms with E-state index in [1.54, 1.807) is 18.2 Å². The van der Waals surface area contributed by atoms with Crippen molar-refractivity contribution in [2.45, 2.75) is 12.5 Å². The number of para-hydroxylation sites is 1. The Morgan fingerprint density at radius 1 is 1.52 bits per heavy atom. The summed E-state index contributed by atoms with van der Waals surface area (Å²) in [6.07, 6.45) is 3.63. The molecule has 0 saturated carbocycles. The van der Waals surface area contributed by atoms with Crippen molar-refractivity contribution in [1.29, 1.82) is 0 Å². The van der Waals surface area contributed by atoms with Gasteiger partial charge in [0.1, 0.15) is 10.1 Å². The van der Waals surface area contributed by atoms with Crippen LogP contribution in [0.2, 0.25) is 0 Å². The SMILES string of the molecule is CSCC[C@H](C(=O)[O-])N1C(=O)/C(=C\c2ccccc2O)SC1=S. The Hall–Kier alpha value is -1.51. The quantitative estimate of drug-likeness (QED) is 0.601. The summed E-state index contributed by atoms with van der Waals surface area (Å²) in [6, 6.07) is 5.49. The van der Waals surface area contributed by atoms with Gasteiger partial charge in [0.25, 0.3) is 5.91 Å². The van der Waals surface area contributed by atoms with Crippen LogP contribution >= 0.6 is 35.7 Å². The Balaban J connectivity index is 2.29. The van der Waals surface area contributed by atoms with Crippen LogP contribution in [0.5, 0.6) is 5.75 Å². The van der Waals surface area contributed by atoms with Gasteiger partial charge in [-0.25, -0.2) is 0 Å². The van der Waals surface area contributed by atoms with Crippen molar-refractivity contribution in [1.82, 2.24) is 4.90 Å². The number of carbonyl (C=O) groups excluding carboxylic acids is 2. The van der Waals surface area contributed by atoms with Gasteiger partial charge in [-0.2, -0.15) is 11.8 Å². The number of aliphatic carboxylic acids is 1. The molecule has 1 aromatic carbocycles. The average Bonchev–Trinajstić information content (AvgIpc) is 2.77. The van der Waals surface area contributed by atoms with Crippen LogP contribution in [-0.4, -0.2) is 44.3 Å². The maximum absolute atomic E-state index is 12.5. The van der Waals surface area contributed by atoms with Crippen LogP contribution in [-0.2, 0) is 9.59 Å². The van der Waals surface area contributed by atoms with Gasteiger partial charge in [0.2, 0.25) is 0 Å². The molecule has 1 amide bonds. The Morgan fingerprint density at radius 3 is 2.83 bits per heavy atom. The van der Waals surface area contributed by atoms with Gasteiger partial charge >= 0.3 is 0 Å². The lowest BCUT2D eigenvalue weighted by Gasteiger charge is -2.27. The zero-order chi connectivity index (χ0) is 17.0. The van der Waals surface area contributed by atoms with Crippen LogP contribution in [0.1, 0.15) is 12.0 Å². The number of rotatable bonds is 6. The molecule has 1 aliphatic heterocycles. The highest BCUT2D eigenvalue weighted by Crippen LogP contribution is 2.35. The second-order valence-electron chi connectivity index (χ2n) is 4.73. The third-order valence-electron chi connectivity index (χ3n) is 3.23. The van der Waals surface area contributed by atoms with Gasteiger partial charge in [-0.05, 0) is 30.6 Å². The van der Waals surface area contributed by atoms with Crippen molar-refractivity contribution >= 4 is 58.0 Å². The average molecular weight is 368 g/mol. The van der Waals surface area contributed by atoms with Crippen LogP contribution in [0, 0.1) is 0 Å². The molecule has 1 saturated heterocycles. The van der Waals surface area contributed by atoms with E-state index in [1.165, 1.54) is 23.9 Å². The standard InChI is InChI=1S/C15H15NO4S3/c1-22-7-6-10(14(19)20)16-13(18)12(23-15(16)21)8-9-4-2-3-5-11(9)17/h2-5,8,10,17H,6-7H2,1H3,(H,19,20)/p-1/b12-8+/t10-/m1/s1. The summed E-state index contributed by atoms with van der Waals surface area (Å²) in [5.74, 6) is -1.18. The van der Waals surface area contributed by atoms with Crippen LogP contribution < -0.4 is 5.11 Å². The minimum absolute atomic E-state index is 0.0385. The number of phenolic OH excluding ortho intramolecular Hbond substituents is 1. The summed E-state index contributed by atoms with van der Waals surface area (Å²) in [5, 5.41) is 21.1. The molecule has 0 unspecified atom stereocenters. The lowest BCUT2D eigenvalue weighted by Crippen LogP contribution is -2.50. The topological polar surface area (TPSA) is 80.7 Å². The largest absolute Gasteiger partial charge is 0.548 e. The molecule has 1 atom stereocenters. The fourth-order valence-electron chi connectivity index (χ4n) is 2.08. The minimum atomic E-state index is -1.32. The highest BCUT2D eigenvalue weighted by atomic mass is 32.2. The van der Waals surface area contributed by atoms with Gasteiger partial charge in [-0.15, -0.1) is 0 Å². The predicted octanol–water partition coefficient (Wildman–Crippen LogP) is 1.46. The number of aromatic hydroxyl groups is 1. The van der Waals surface area contributed by atoms with E-state index >= 15 is 0 Å². The predicted molar refractivity (Wildman–Crippen MR) is 94.9 cm³/mol. The van der Waals surface area contributed by atoms with Gasteiger partial charge in [0, 0.05) is 5.56 Å². The molecule has 122 valence electrons. The Bertz CT molecular complexity index is 674. The number of hydrogen-bond acceptors (Lipinski definition) is 7. The highest BCUT2D eigenvalue weighted by Gasteiger charge is 2.37. The van der Waals surface area contributed by atoms with Gasteiger partial charge in [0.05, 0.1) is 16.9 Å². The number of benzene rings is 1. The van der Waals surface area contributed by atoms with E-state index in [9.17, 15) is 19.8 Å². The van der Waals surface area contributed by atoms with Crippen molar-refractivity contribution < 1.29 is 19.8 Å². The third kappa shape index (κ3) is 4.07. The molecule has 23 heavy (non-hydrogen) atoms. The van der Waals surface area contributed by atoms with Gasteiger partial charge in [0.15, 0.2) is 0 Å². The van der Waals surface area contributed by atoms with E-state index in [0.717, 1.165) is 16.7 Å². The molecule has 0 bridgehead atoms. The van der Waals surface area contributed by atoms with Gasteiger partial charge in [-0.3, -0.25) is 9.69 Å². The molecule has 1 aliphatic rings. The smallest absolute Gasteiger partial charge is 0.266 e. The Kier molecular flexibility index (Phi) is 6.09. The second-order valence-corrected chi connectivity index (χ2v) is 7.39. The maximum Gasteiger partial charge on any atom is 0.266 e. The first-order valence-corrected chi connectivity index (χ1v) is 9.32. The molecule has 0 spiro atoms. The van der Waals surface area contributed by atoms with Gasteiger partial charge in [-0.1, -0.05) is 42.2 Å². The van der Waals surface area contributed by atoms with E-state index in [4.69, 9.17) is 12.2 Å². The maximum atomic E-state index is 12.5. The number of nitrogens with zero attached hydrogens (tertiary/aromatic N) is 1. The Labute approximate surface area is 147 Å². The molecule has 2 rings (SSSR count). The lowest BCUT2D eigenvalue weighted by atomic mass is 10.1. The number of phenols is 1. The number of thiocarbonyl (C=S) groups is 1. The first kappa shape index (κ1) is 17.8.